The molecule has 0 saturated carbocycles. The molecule has 0 fully saturated rings. The molecular formula is C14H13BrN2O3S. The predicted octanol–water partition coefficient (Wildman–Crippen LogP) is 3.38. The first kappa shape index (κ1) is 15.5. The molecule has 1 aromatic carbocycles. The number of para-hydroxylation sites is 1. The van der Waals surface area contributed by atoms with Gasteiger partial charge in [-0.2, -0.15) is 5.10 Å². The summed E-state index contributed by atoms with van der Waals surface area (Å²) in [5.41, 5.74) is 2.87. The van der Waals surface area contributed by atoms with Crippen LogP contribution in [0.2, 0.25) is 0 Å². The number of hydrazone groups is 1. The number of aromatic hydroxyl groups is 1. The summed E-state index contributed by atoms with van der Waals surface area (Å²) >= 11 is 4.61. The van der Waals surface area contributed by atoms with Crippen LogP contribution < -0.4 is 10.2 Å². The number of nitrogens with one attached hydrogen (secondary N) is 1. The maximum absolute atomic E-state index is 11.8. The number of carbonyl (C=O) groups is 1. The topological polar surface area (TPSA) is 70.9 Å². The lowest BCUT2D eigenvalue weighted by atomic mass is 10.2. The first-order valence-corrected chi connectivity index (χ1v) is 7.76. The summed E-state index contributed by atoms with van der Waals surface area (Å²) in [5.74, 6) is 0.0774. The SMILES string of the molecule is CCOc1cccc(/C=N/NC(=O)c2ccc(Br)s2)c1O. The molecule has 2 N–H and O–H groups in total. The zero-order valence-corrected chi connectivity index (χ0v) is 13.6. The fraction of sp³-hybridized carbons (Fsp3) is 0.143. The maximum atomic E-state index is 11.8. The van der Waals surface area contributed by atoms with Crippen molar-refractivity contribution in [1.82, 2.24) is 5.43 Å². The minimum atomic E-state index is -0.303. The van der Waals surface area contributed by atoms with Gasteiger partial charge >= 0.3 is 0 Å². The van der Waals surface area contributed by atoms with Gasteiger partial charge < -0.3 is 9.84 Å². The summed E-state index contributed by atoms with van der Waals surface area (Å²) in [4.78, 5) is 12.3. The van der Waals surface area contributed by atoms with Crippen LogP contribution in [0.4, 0.5) is 0 Å². The summed E-state index contributed by atoms with van der Waals surface area (Å²) in [6, 6.07) is 8.57. The monoisotopic (exact) mass is 368 g/mol. The van der Waals surface area contributed by atoms with Gasteiger partial charge in [0.25, 0.3) is 5.91 Å². The Balaban J connectivity index is 2.04. The van der Waals surface area contributed by atoms with Gasteiger partial charge in [0.15, 0.2) is 11.5 Å². The van der Waals surface area contributed by atoms with Crippen LogP contribution in [0.1, 0.15) is 22.2 Å². The fourth-order valence-electron chi connectivity index (χ4n) is 1.57. The molecule has 0 aliphatic rings. The third kappa shape index (κ3) is 4.05. The molecule has 1 aromatic heterocycles. The molecule has 0 unspecified atom stereocenters. The molecule has 110 valence electrons. The predicted molar refractivity (Wildman–Crippen MR) is 86.4 cm³/mol. The van der Waals surface area contributed by atoms with Gasteiger partial charge in [-0.1, -0.05) is 6.07 Å². The third-order valence-electron chi connectivity index (χ3n) is 2.50. The number of amides is 1. The highest BCUT2D eigenvalue weighted by atomic mass is 79.9. The van der Waals surface area contributed by atoms with E-state index in [1.165, 1.54) is 17.6 Å². The Morgan fingerprint density at radius 1 is 1.48 bits per heavy atom. The Bertz CT molecular complexity index is 670. The van der Waals surface area contributed by atoms with E-state index in [1.807, 2.05) is 6.92 Å². The van der Waals surface area contributed by atoms with Crippen LogP contribution in [0.3, 0.4) is 0 Å². The van der Waals surface area contributed by atoms with Gasteiger partial charge in [-0.15, -0.1) is 11.3 Å². The quantitative estimate of drug-likeness (QED) is 0.627. The molecule has 0 aliphatic heterocycles. The molecule has 0 radical (unpaired) electrons. The van der Waals surface area contributed by atoms with E-state index >= 15 is 0 Å². The minimum Gasteiger partial charge on any atom is -0.504 e. The van der Waals surface area contributed by atoms with E-state index in [0.29, 0.717) is 22.8 Å². The Morgan fingerprint density at radius 2 is 2.29 bits per heavy atom. The van der Waals surface area contributed by atoms with Crippen molar-refractivity contribution in [3.63, 3.8) is 0 Å². The highest BCUT2D eigenvalue weighted by Gasteiger charge is 2.08. The van der Waals surface area contributed by atoms with Crippen LogP contribution in [-0.4, -0.2) is 23.8 Å². The van der Waals surface area contributed by atoms with Crippen molar-refractivity contribution in [2.24, 2.45) is 5.10 Å². The number of phenols is 1. The van der Waals surface area contributed by atoms with Crippen molar-refractivity contribution < 1.29 is 14.6 Å². The number of rotatable bonds is 5. The number of carbonyl (C=O) groups excluding carboxylic acids is 1. The highest BCUT2D eigenvalue weighted by molar-refractivity contribution is 9.11. The van der Waals surface area contributed by atoms with Crippen molar-refractivity contribution >= 4 is 39.4 Å². The Morgan fingerprint density at radius 3 is 2.95 bits per heavy atom. The van der Waals surface area contributed by atoms with E-state index in [2.05, 4.69) is 26.5 Å². The number of benzene rings is 1. The first-order chi connectivity index (χ1) is 10.1. The van der Waals surface area contributed by atoms with Crippen LogP contribution >= 0.6 is 27.3 Å². The van der Waals surface area contributed by atoms with E-state index in [0.717, 1.165) is 3.79 Å². The second kappa shape index (κ2) is 7.24. The van der Waals surface area contributed by atoms with Gasteiger partial charge in [0.2, 0.25) is 0 Å². The van der Waals surface area contributed by atoms with E-state index in [4.69, 9.17) is 4.74 Å². The molecule has 0 bridgehead atoms. The molecule has 2 rings (SSSR count). The average Bonchev–Trinajstić information content (AvgIpc) is 2.89. The van der Waals surface area contributed by atoms with Crippen LogP contribution in [-0.2, 0) is 0 Å². The van der Waals surface area contributed by atoms with Gasteiger partial charge in [-0.3, -0.25) is 4.79 Å². The lowest BCUT2D eigenvalue weighted by molar-refractivity contribution is 0.0959. The minimum absolute atomic E-state index is 0.00350. The zero-order valence-electron chi connectivity index (χ0n) is 11.2. The summed E-state index contributed by atoms with van der Waals surface area (Å²) in [7, 11) is 0. The van der Waals surface area contributed by atoms with E-state index in [-0.39, 0.29) is 11.7 Å². The first-order valence-electron chi connectivity index (χ1n) is 6.15. The summed E-state index contributed by atoms with van der Waals surface area (Å²) in [6.07, 6.45) is 1.37. The number of ether oxygens (including phenoxy) is 1. The molecular weight excluding hydrogens is 356 g/mol. The molecule has 1 amide bonds. The summed E-state index contributed by atoms with van der Waals surface area (Å²) in [5, 5.41) is 13.8. The maximum Gasteiger partial charge on any atom is 0.281 e. The number of hydrogen-bond acceptors (Lipinski definition) is 5. The number of thiophene rings is 1. The van der Waals surface area contributed by atoms with Crippen LogP contribution in [0.15, 0.2) is 39.2 Å². The Kier molecular flexibility index (Phi) is 5.35. The number of phenolic OH excluding ortho intramolecular Hbond substituents is 1. The lowest BCUT2D eigenvalue weighted by Gasteiger charge is -2.07. The van der Waals surface area contributed by atoms with Crippen molar-refractivity contribution in [2.45, 2.75) is 6.92 Å². The normalized spacial score (nSPS) is 10.8. The van der Waals surface area contributed by atoms with Crippen LogP contribution in [0, 0.1) is 0 Å². The molecule has 5 nitrogen and oxygen atoms in total. The van der Waals surface area contributed by atoms with Gasteiger partial charge in [-0.05, 0) is 47.1 Å². The Hall–Kier alpha value is -1.86. The van der Waals surface area contributed by atoms with E-state index < -0.39 is 0 Å². The lowest BCUT2D eigenvalue weighted by Crippen LogP contribution is -2.16. The highest BCUT2D eigenvalue weighted by Crippen LogP contribution is 2.28. The second-order valence-corrected chi connectivity index (χ2v) is 6.39. The van der Waals surface area contributed by atoms with Crippen molar-refractivity contribution in [3.8, 4) is 11.5 Å². The van der Waals surface area contributed by atoms with E-state index in [1.54, 1.807) is 30.3 Å². The van der Waals surface area contributed by atoms with E-state index in [9.17, 15) is 9.90 Å². The number of halogens is 1. The second-order valence-electron chi connectivity index (χ2n) is 3.93. The smallest absolute Gasteiger partial charge is 0.281 e. The van der Waals surface area contributed by atoms with Crippen LogP contribution in [0.5, 0.6) is 11.5 Å². The van der Waals surface area contributed by atoms with Gasteiger partial charge in [0.05, 0.1) is 21.5 Å². The molecule has 7 heteroatoms. The van der Waals surface area contributed by atoms with Crippen molar-refractivity contribution in [1.29, 1.82) is 0 Å². The molecule has 0 aliphatic carbocycles. The number of nitrogens with zero attached hydrogens (tertiary/aromatic N) is 1. The number of hydrogen-bond donors (Lipinski definition) is 2. The molecule has 0 atom stereocenters. The third-order valence-corrected chi connectivity index (χ3v) is 4.12. The van der Waals surface area contributed by atoms with Gasteiger partial charge in [0, 0.05) is 5.56 Å². The summed E-state index contributed by atoms with van der Waals surface area (Å²) in [6.45, 7) is 2.29. The molecule has 2 aromatic rings. The largest absolute Gasteiger partial charge is 0.504 e. The average molecular weight is 369 g/mol. The molecule has 21 heavy (non-hydrogen) atoms. The molecule has 0 saturated heterocycles. The van der Waals surface area contributed by atoms with Gasteiger partial charge in [0.1, 0.15) is 0 Å². The van der Waals surface area contributed by atoms with Gasteiger partial charge in [-0.25, -0.2) is 5.43 Å². The van der Waals surface area contributed by atoms with Crippen LogP contribution in [0.25, 0.3) is 0 Å². The molecule has 1 heterocycles. The van der Waals surface area contributed by atoms with Crippen molar-refractivity contribution in [3.05, 3.63) is 44.6 Å². The Labute approximate surface area is 134 Å². The zero-order chi connectivity index (χ0) is 15.2. The molecule has 0 spiro atoms. The fourth-order valence-corrected chi connectivity index (χ4v) is 2.84. The van der Waals surface area contributed by atoms with Crippen molar-refractivity contribution in [2.75, 3.05) is 6.61 Å². The summed E-state index contributed by atoms with van der Waals surface area (Å²) < 4.78 is 6.15. The standard InChI is InChI=1S/C14H13BrN2O3S/c1-2-20-10-5-3-4-9(13(10)18)8-16-17-14(19)11-6-7-12(15)21-11/h3-8,18H,2H2,1H3,(H,17,19)/b16-8+.